The van der Waals surface area contributed by atoms with E-state index in [4.69, 9.17) is 75.6 Å². The van der Waals surface area contributed by atoms with Crippen molar-refractivity contribution < 1.29 is 74.0 Å². The predicted octanol–water partition coefficient (Wildman–Crippen LogP) is 23.3. The van der Waals surface area contributed by atoms with E-state index in [1.54, 1.807) is 120 Å². The number of nitrogens with zero attached hydrogens (tertiary/aromatic N) is 7. The average molecular weight is 1870 g/mol. The van der Waals surface area contributed by atoms with Gasteiger partial charge in [0, 0.05) is 160 Å². The highest BCUT2D eigenvalue weighted by atomic mass is 35.5. The molecule has 32 heteroatoms. The van der Waals surface area contributed by atoms with E-state index in [0.717, 1.165) is 27.9 Å². The van der Waals surface area contributed by atoms with Crippen LogP contribution in [0.2, 0.25) is 10.0 Å². The van der Waals surface area contributed by atoms with Crippen LogP contribution < -0.4 is 57.7 Å². The lowest BCUT2D eigenvalue weighted by Gasteiger charge is -2.20. The Labute approximate surface area is 781 Å². The van der Waals surface area contributed by atoms with Crippen molar-refractivity contribution in [2.24, 2.45) is 0 Å². The molecule has 1 amide bonds. The topological polar surface area (TPSA) is 356 Å². The molecule has 0 fully saturated rings. The molecule has 6 aromatic heterocycles. The number of halogens is 9. The summed E-state index contributed by atoms with van der Waals surface area (Å²) in [6, 6.07) is 57.0. The summed E-state index contributed by atoms with van der Waals surface area (Å²) < 4.78 is 113. The van der Waals surface area contributed by atoms with Crippen molar-refractivity contribution in [3.63, 3.8) is 0 Å². The predicted molar refractivity (Wildman–Crippen MR) is 506 cm³/mol. The van der Waals surface area contributed by atoms with Crippen LogP contribution in [0, 0.1) is 34.9 Å². The highest BCUT2D eigenvalue weighted by Crippen LogP contribution is 2.35. The first-order valence-electron chi connectivity index (χ1n) is 41.1. The van der Waals surface area contributed by atoms with Gasteiger partial charge in [-0.2, -0.15) is 5.10 Å². The molecule has 6 heterocycles. The number of ketones is 3. The van der Waals surface area contributed by atoms with Gasteiger partial charge in [-0.15, -0.1) is 0 Å². The molecule has 11 N–H and O–H groups in total. The van der Waals surface area contributed by atoms with Gasteiger partial charge in [0.1, 0.15) is 133 Å². The Hall–Kier alpha value is -14.7. The molecule has 0 bridgehead atoms. The Bertz CT molecular complexity index is 6430. The summed E-state index contributed by atoms with van der Waals surface area (Å²) >= 11 is 17.2. The minimum Gasteiger partial charge on any atom is -0.457 e. The Kier molecular flexibility index (Phi) is 36.2. The summed E-state index contributed by atoms with van der Waals surface area (Å²) in [4.78, 5) is 78.0. The molecule has 0 atom stereocenters. The molecule has 14 rings (SSSR count). The molecule has 0 aliphatic heterocycles. The maximum absolute atomic E-state index is 14.8. The number of nitrogens with two attached hydrogens (primary N) is 5. The number of hydrogen-bond acceptors (Lipinski definition) is 21. The molecule has 14 aromatic rings. The molecule has 0 unspecified atom stereocenters. The molecule has 0 radical (unpaired) electrons. The number of anilines is 6. The number of benzene rings is 8. The number of nitrogens with one attached hydrogen (secondary N) is 1. The van der Waals surface area contributed by atoms with Gasteiger partial charge < -0.3 is 57.7 Å². The number of ether oxygens (including phenoxy) is 5. The highest BCUT2D eigenvalue weighted by Gasteiger charge is 2.25. The summed E-state index contributed by atoms with van der Waals surface area (Å²) in [6.45, 7) is 21.3. The normalized spacial score (nSPS) is 10.9. The quantitative estimate of drug-likeness (QED) is 0.0186. The smallest absolute Gasteiger partial charge is 0.222 e. The lowest BCUT2D eigenvalue weighted by molar-refractivity contribution is -0.118. The van der Waals surface area contributed by atoms with E-state index < -0.39 is 34.9 Å². The van der Waals surface area contributed by atoms with Crippen LogP contribution in [-0.4, -0.2) is 63.2 Å². The van der Waals surface area contributed by atoms with Crippen molar-refractivity contribution in [1.82, 2.24) is 34.7 Å². The van der Waals surface area contributed by atoms with Crippen LogP contribution in [0.25, 0.3) is 5.69 Å². The van der Waals surface area contributed by atoms with Gasteiger partial charge in [-0.1, -0.05) is 134 Å². The minimum absolute atomic E-state index is 0.0214. The summed E-state index contributed by atoms with van der Waals surface area (Å²) in [7, 11) is 0. The standard InChI is InChI=1S/C27H26F2N4O2.C26H26ClFN2O3.C24H24ClFN2O2.C11H10FN3O.C11H9FN2O.C2H3ClO/c1-27(2,3)25-14-20(33(32-25)19-6-4-5-18(28)12-19)13-21(34)11-17-7-8-22(15-24(17)29)35-23-9-10-31-26(30)16-23;1-16(31)30-25-15-22(9-10-29-25)33-21-7-5-17(24(28)14-21)12-20(32)13-18-11-19(26(2,3)4)6-8-23(18)27;1-24(2,3)17-5-7-21(25)16(10-17)12-18(29)11-15-4-6-19(13-22(15)26)30-20-8-9-28-23(27)14-20;12-9-5-7(1-2-10(9)13)16-8-3-4-15-11(14)6-8;12-10-7-9(1-2-11(10)13)15-8-3-5-14-6-4-8;1-2(3)4/h4-10,12,14-16H,11,13H2,1-3H3,(H2,30,31);5-11,14-15H,12-13H2,1-4H3,(H,29,30,31);4-10,13-14H,11-12H2,1-3H3,(H2,27,28);1-6H,13H2,(H2,14,15);1-7H,13H2;1H3. The van der Waals surface area contributed by atoms with Crippen molar-refractivity contribution in [3.8, 4) is 63.2 Å². The molecule has 8 aromatic carbocycles. The molecule has 0 spiro atoms. The van der Waals surface area contributed by atoms with E-state index in [1.165, 1.54) is 117 Å². The number of rotatable bonds is 24. The molecule has 0 aliphatic rings. The largest absolute Gasteiger partial charge is 0.457 e. The average Bonchev–Trinajstić information content (AvgIpc) is 1.65. The molecule has 0 saturated carbocycles. The Morgan fingerprint density at radius 2 is 0.699 bits per heavy atom. The van der Waals surface area contributed by atoms with E-state index in [-0.39, 0.29) is 123 Å². The van der Waals surface area contributed by atoms with E-state index in [9.17, 15) is 50.3 Å². The van der Waals surface area contributed by atoms with Gasteiger partial charge in [0.15, 0.2) is 0 Å². The molecule has 23 nitrogen and oxygen atoms in total. The maximum atomic E-state index is 14.8. The third kappa shape index (κ3) is 33.3. The first-order valence-corrected chi connectivity index (χ1v) is 42.3. The second-order valence-electron chi connectivity index (χ2n) is 33.0. The Morgan fingerprint density at radius 3 is 1.05 bits per heavy atom. The number of Topliss-reactive ketones (excluding diaryl/α,β-unsaturated/α-hetero) is 3. The van der Waals surface area contributed by atoms with Crippen LogP contribution in [0.5, 0.6) is 57.5 Å². The summed E-state index contributed by atoms with van der Waals surface area (Å²) in [6.07, 6.45) is 9.31. The van der Waals surface area contributed by atoms with Crippen molar-refractivity contribution in [2.45, 2.75) is 131 Å². The van der Waals surface area contributed by atoms with Crippen molar-refractivity contribution in [1.29, 1.82) is 0 Å². The monoisotopic (exact) mass is 1870 g/mol. The van der Waals surface area contributed by atoms with E-state index in [1.807, 2.05) is 57.2 Å². The first-order chi connectivity index (χ1) is 62.8. The van der Waals surface area contributed by atoms with Crippen LogP contribution in [0.1, 0.15) is 126 Å². The second-order valence-corrected chi connectivity index (χ2v) is 34.4. The first kappa shape index (κ1) is 102. The van der Waals surface area contributed by atoms with E-state index in [0.29, 0.717) is 90.4 Å². The van der Waals surface area contributed by atoms with Crippen LogP contribution in [0.15, 0.2) is 256 Å². The van der Waals surface area contributed by atoms with Gasteiger partial charge in [0.2, 0.25) is 11.1 Å². The van der Waals surface area contributed by atoms with Gasteiger partial charge in [-0.25, -0.2) is 51.0 Å². The minimum atomic E-state index is -0.549. The fourth-order valence-corrected chi connectivity index (χ4v) is 12.5. The van der Waals surface area contributed by atoms with Gasteiger partial charge in [0.05, 0.1) is 28.5 Å². The van der Waals surface area contributed by atoms with Crippen molar-refractivity contribution in [2.75, 3.05) is 34.0 Å². The molecular formula is C101H98Cl3F6N13O10. The second kappa shape index (κ2) is 47.2. The number of nitrogen functional groups attached to an aromatic ring is 5. The SMILES string of the molecule is CC(=O)Cl.CC(=O)Nc1cc(Oc2ccc(CC(=O)Cc3cc(C(C)(C)C)ccc3Cl)c(F)c2)ccn1.CC(C)(C)c1cc(CC(=O)Cc2ccc(Oc3ccnc(N)c3)cc2F)n(-c2cccc(F)c2)n1.CC(C)(C)c1ccc(Cl)c(CC(=O)Cc2ccc(Oc3ccnc(N)c3)cc2F)c1.Nc1cc(Oc2ccc(N)c(F)c2)ccn1.Nc1ccc(Oc2ccncc2)cc1F. The van der Waals surface area contributed by atoms with Crippen LogP contribution in [0.4, 0.5) is 61.0 Å². The lowest BCUT2D eigenvalue weighted by Crippen LogP contribution is -2.13. The Balaban J connectivity index is 0.000000191. The van der Waals surface area contributed by atoms with Crippen LogP contribution in [0.3, 0.4) is 0 Å². The van der Waals surface area contributed by atoms with Crippen molar-refractivity contribution >= 4 is 97.9 Å². The number of amides is 1. The van der Waals surface area contributed by atoms with Crippen LogP contribution in [-0.2, 0) is 78.7 Å². The zero-order chi connectivity index (χ0) is 97.0. The number of pyridine rings is 5. The van der Waals surface area contributed by atoms with Gasteiger partial charge in [0.25, 0.3) is 0 Å². The van der Waals surface area contributed by atoms with Gasteiger partial charge >= 0.3 is 0 Å². The molecule has 133 heavy (non-hydrogen) atoms. The zero-order valence-electron chi connectivity index (χ0n) is 74.5. The molecule has 690 valence electrons. The highest BCUT2D eigenvalue weighted by molar-refractivity contribution is 6.62. The number of aromatic nitrogens is 7. The van der Waals surface area contributed by atoms with Crippen LogP contribution >= 0.6 is 34.8 Å². The van der Waals surface area contributed by atoms with Gasteiger partial charge in [-0.05, 0) is 177 Å². The maximum Gasteiger partial charge on any atom is 0.222 e. The van der Waals surface area contributed by atoms with E-state index >= 15 is 0 Å². The summed E-state index contributed by atoms with van der Waals surface area (Å²) in [5.74, 6) is 1.60. The van der Waals surface area contributed by atoms with Gasteiger partial charge in [-0.3, -0.25) is 29.0 Å². The summed E-state index contributed by atoms with van der Waals surface area (Å²) in [5, 5.41) is 7.88. The third-order valence-corrected chi connectivity index (χ3v) is 19.6. The summed E-state index contributed by atoms with van der Waals surface area (Å²) in [5.41, 5.74) is 33.7. The Morgan fingerprint density at radius 1 is 0.361 bits per heavy atom. The molecular weight excluding hydrogens is 1780 g/mol. The third-order valence-electron chi connectivity index (χ3n) is 18.9. The lowest BCUT2D eigenvalue weighted by atomic mass is 9.85. The zero-order valence-corrected chi connectivity index (χ0v) is 76.8. The molecule has 0 aliphatic carbocycles. The number of hydrogen-bond donors (Lipinski definition) is 6. The van der Waals surface area contributed by atoms with E-state index in [2.05, 4.69) is 88.5 Å². The fraction of sp³-hybridized carbons (Fsp3) is 0.198. The number of carbonyl (C=O) groups excluding carboxylic acids is 5. The number of carbonyl (C=O) groups is 5. The fourth-order valence-electron chi connectivity index (χ4n) is 12.2. The van der Waals surface area contributed by atoms with Crippen molar-refractivity contribution in [3.05, 3.63) is 351 Å². The molecule has 0 saturated heterocycles.